The molecule has 0 radical (unpaired) electrons. The van der Waals surface area contributed by atoms with Crippen molar-refractivity contribution in [1.29, 1.82) is 0 Å². The van der Waals surface area contributed by atoms with Gasteiger partial charge in [-0.1, -0.05) is 40.9 Å². The maximum absolute atomic E-state index is 12.5. The van der Waals surface area contributed by atoms with Crippen LogP contribution >= 0.6 is 22.7 Å². The van der Waals surface area contributed by atoms with Gasteiger partial charge in [-0.2, -0.15) is 0 Å². The highest BCUT2D eigenvalue weighted by Gasteiger charge is 2.15. The Morgan fingerprint density at radius 1 is 1.07 bits per heavy atom. The van der Waals surface area contributed by atoms with Gasteiger partial charge in [-0.25, -0.2) is 9.97 Å². The summed E-state index contributed by atoms with van der Waals surface area (Å²) in [5.41, 5.74) is 5.48. The first-order valence-corrected chi connectivity index (χ1v) is 10.3. The number of carbonyl (C=O) groups is 1. The molecule has 0 fully saturated rings. The van der Waals surface area contributed by atoms with E-state index in [1.165, 1.54) is 27.2 Å². The minimum atomic E-state index is -0.0963. The van der Waals surface area contributed by atoms with E-state index < -0.39 is 0 Å². The van der Waals surface area contributed by atoms with Gasteiger partial charge in [0.2, 0.25) is 5.91 Å². The molecule has 5 nitrogen and oxygen atoms in total. The number of rotatable bonds is 4. The van der Waals surface area contributed by atoms with Gasteiger partial charge in [0.15, 0.2) is 10.3 Å². The molecule has 1 N–H and O–H groups in total. The average Bonchev–Trinajstić information content (AvgIpc) is 3.22. The zero-order chi connectivity index (χ0) is 19.1. The SMILES string of the molecule is Cc1ccc2nc(NC(=O)CN(C)c3nc4c(C)ccc(C)c4s3)sc2c1. The summed E-state index contributed by atoms with van der Waals surface area (Å²) in [6.07, 6.45) is 0. The Morgan fingerprint density at radius 3 is 2.63 bits per heavy atom. The molecule has 1 amide bonds. The summed E-state index contributed by atoms with van der Waals surface area (Å²) in [5.74, 6) is -0.0963. The van der Waals surface area contributed by atoms with Crippen LogP contribution in [-0.4, -0.2) is 29.5 Å². The molecule has 0 atom stereocenters. The van der Waals surface area contributed by atoms with Crippen LogP contribution in [-0.2, 0) is 4.79 Å². The number of thiazole rings is 2. The van der Waals surface area contributed by atoms with Crippen molar-refractivity contribution in [2.24, 2.45) is 0 Å². The second-order valence-corrected chi connectivity index (χ2v) is 8.78. The largest absolute Gasteiger partial charge is 0.342 e. The zero-order valence-corrected chi connectivity index (χ0v) is 17.3. The van der Waals surface area contributed by atoms with Crippen molar-refractivity contribution >= 4 is 59.3 Å². The second-order valence-electron chi connectivity index (χ2n) is 6.77. The Hall–Kier alpha value is -2.51. The van der Waals surface area contributed by atoms with Gasteiger partial charge in [-0.15, -0.1) is 0 Å². The van der Waals surface area contributed by atoms with Gasteiger partial charge in [0.25, 0.3) is 0 Å². The molecule has 0 aliphatic heterocycles. The van der Waals surface area contributed by atoms with Gasteiger partial charge in [-0.05, 0) is 49.6 Å². The molecule has 4 aromatic rings. The topological polar surface area (TPSA) is 58.1 Å². The predicted octanol–water partition coefficient (Wildman–Crippen LogP) is 4.91. The molecule has 27 heavy (non-hydrogen) atoms. The number of benzene rings is 2. The van der Waals surface area contributed by atoms with Crippen LogP contribution in [0.1, 0.15) is 16.7 Å². The number of amides is 1. The lowest BCUT2D eigenvalue weighted by molar-refractivity contribution is -0.114. The first-order chi connectivity index (χ1) is 12.9. The minimum Gasteiger partial charge on any atom is -0.342 e. The summed E-state index contributed by atoms with van der Waals surface area (Å²) in [4.78, 5) is 23.6. The van der Waals surface area contributed by atoms with E-state index in [0.29, 0.717) is 5.13 Å². The molecule has 0 saturated heterocycles. The summed E-state index contributed by atoms with van der Waals surface area (Å²) >= 11 is 3.12. The van der Waals surface area contributed by atoms with Crippen molar-refractivity contribution in [2.45, 2.75) is 20.8 Å². The Morgan fingerprint density at radius 2 is 1.85 bits per heavy atom. The maximum atomic E-state index is 12.5. The molecule has 0 spiro atoms. The smallest absolute Gasteiger partial charge is 0.245 e. The van der Waals surface area contributed by atoms with Crippen LogP contribution < -0.4 is 10.2 Å². The molecule has 0 aliphatic rings. The van der Waals surface area contributed by atoms with E-state index >= 15 is 0 Å². The molecule has 2 heterocycles. The number of nitrogens with zero attached hydrogens (tertiary/aromatic N) is 3. The fourth-order valence-electron chi connectivity index (χ4n) is 2.94. The number of hydrogen-bond acceptors (Lipinski definition) is 6. The normalized spacial score (nSPS) is 11.3. The van der Waals surface area contributed by atoms with Crippen molar-refractivity contribution < 1.29 is 4.79 Å². The van der Waals surface area contributed by atoms with Gasteiger partial charge in [-0.3, -0.25) is 4.79 Å². The quantitative estimate of drug-likeness (QED) is 0.533. The molecule has 4 rings (SSSR count). The number of carbonyl (C=O) groups excluding carboxylic acids is 1. The highest BCUT2D eigenvalue weighted by molar-refractivity contribution is 7.22. The lowest BCUT2D eigenvalue weighted by Gasteiger charge is -2.14. The van der Waals surface area contributed by atoms with Crippen LogP contribution in [0.2, 0.25) is 0 Å². The van der Waals surface area contributed by atoms with E-state index in [2.05, 4.69) is 42.3 Å². The summed E-state index contributed by atoms with van der Waals surface area (Å²) in [6, 6.07) is 10.3. The van der Waals surface area contributed by atoms with E-state index in [0.717, 1.165) is 26.4 Å². The van der Waals surface area contributed by atoms with Crippen molar-refractivity contribution in [1.82, 2.24) is 9.97 Å². The van der Waals surface area contributed by atoms with Crippen LogP contribution in [0.15, 0.2) is 30.3 Å². The number of likely N-dealkylation sites (N-methyl/N-ethyl adjacent to an activating group) is 1. The third-order valence-corrected chi connectivity index (χ3v) is 6.67. The molecule has 0 unspecified atom stereocenters. The molecular weight excluding hydrogens is 376 g/mol. The zero-order valence-electron chi connectivity index (χ0n) is 15.7. The van der Waals surface area contributed by atoms with Gasteiger partial charge in [0, 0.05) is 7.05 Å². The summed E-state index contributed by atoms with van der Waals surface area (Å²) in [7, 11) is 1.89. The Bertz CT molecular complexity index is 1120. The van der Waals surface area contributed by atoms with Crippen molar-refractivity contribution in [3.63, 3.8) is 0 Å². The number of aromatic nitrogens is 2. The Kier molecular flexibility index (Phi) is 4.57. The maximum Gasteiger partial charge on any atom is 0.245 e. The lowest BCUT2D eigenvalue weighted by atomic mass is 10.1. The molecular formula is C20H20N4OS2. The monoisotopic (exact) mass is 396 g/mol. The fraction of sp³-hybridized carbons (Fsp3) is 0.250. The summed E-state index contributed by atoms with van der Waals surface area (Å²) < 4.78 is 2.26. The molecule has 138 valence electrons. The average molecular weight is 397 g/mol. The van der Waals surface area contributed by atoms with Gasteiger partial charge in [0.1, 0.15) is 0 Å². The van der Waals surface area contributed by atoms with E-state index in [1.54, 1.807) is 11.3 Å². The summed E-state index contributed by atoms with van der Waals surface area (Å²) in [5, 5.41) is 4.39. The highest BCUT2D eigenvalue weighted by atomic mass is 32.1. The van der Waals surface area contributed by atoms with Crippen LogP contribution in [0.25, 0.3) is 20.4 Å². The highest BCUT2D eigenvalue weighted by Crippen LogP contribution is 2.32. The van der Waals surface area contributed by atoms with E-state index in [9.17, 15) is 4.79 Å². The lowest BCUT2D eigenvalue weighted by Crippen LogP contribution is -2.29. The molecule has 2 aromatic heterocycles. The van der Waals surface area contributed by atoms with Crippen molar-refractivity contribution in [3.05, 3.63) is 47.0 Å². The molecule has 7 heteroatoms. The molecule has 2 aromatic carbocycles. The number of hydrogen-bond donors (Lipinski definition) is 1. The third-order valence-electron chi connectivity index (χ3n) is 4.43. The molecule has 0 aliphatic carbocycles. The van der Waals surface area contributed by atoms with E-state index in [4.69, 9.17) is 4.98 Å². The molecule has 0 bridgehead atoms. The van der Waals surface area contributed by atoms with E-state index in [1.807, 2.05) is 31.0 Å². The minimum absolute atomic E-state index is 0.0963. The van der Waals surface area contributed by atoms with E-state index in [-0.39, 0.29) is 12.5 Å². The molecule has 0 saturated carbocycles. The Balaban J connectivity index is 1.50. The van der Waals surface area contributed by atoms with Gasteiger partial charge in [0.05, 0.1) is 27.0 Å². The van der Waals surface area contributed by atoms with Crippen LogP contribution in [0.3, 0.4) is 0 Å². The second kappa shape index (κ2) is 6.90. The summed E-state index contributed by atoms with van der Waals surface area (Å²) in [6.45, 7) is 6.43. The van der Waals surface area contributed by atoms with Crippen LogP contribution in [0, 0.1) is 20.8 Å². The number of aryl methyl sites for hydroxylation is 3. The standard InChI is InChI=1S/C20H20N4OS2/c1-11-5-8-14-15(9-11)26-19(21-14)22-16(25)10-24(4)20-23-17-12(2)6-7-13(3)18(17)27-20/h5-9H,10H2,1-4H3,(H,21,22,25). The Labute approximate surface area is 165 Å². The number of nitrogens with one attached hydrogen (secondary N) is 1. The first kappa shape index (κ1) is 17.9. The number of anilines is 2. The van der Waals surface area contributed by atoms with Gasteiger partial charge < -0.3 is 10.2 Å². The van der Waals surface area contributed by atoms with Gasteiger partial charge >= 0.3 is 0 Å². The first-order valence-electron chi connectivity index (χ1n) is 8.65. The third kappa shape index (κ3) is 3.52. The predicted molar refractivity (Wildman–Crippen MR) is 115 cm³/mol. The fourth-order valence-corrected chi connectivity index (χ4v) is 4.99. The number of fused-ring (bicyclic) bond motifs is 2. The van der Waals surface area contributed by atoms with Crippen LogP contribution in [0.5, 0.6) is 0 Å². The van der Waals surface area contributed by atoms with Crippen molar-refractivity contribution in [3.8, 4) is 0 Å². The van der Waals surface area contributed by atoms with Crippen molar-refractivity contribution in [2.75, 3.05) is 23.8 Å². The van der Waals surface area contributed by atoms with Crippen LogP contribution in [0.4, 0.5) is 10.3 Å².